The Hall–Kier alpha value is -3.06. The van der Waals surface area contributed by atoms with Crippen LogP contribution in [-0.2, 0) is 4.79 Å². The molecule has 0 bridgehead atoms. The summed E-state index contributed by atoms with van der Waals surface area (Å²) in [5.74, 6) is 0.234. The number of carboxylic acids is 1. The largest absolute Gasteiger partial charge is 0.480 e. The molecule has 102 valence electrons. The van der Waals surface area contributed by atoms with Crippen LogP contribution in [0.25, 0.3) is 0 Å². The molecular formula is C13H10FN3O3. The van der Waals surface area contributed by atoms with Crippen molar-refractivity contribution < 1.29 is 19.1 Å². The Morgan fingerprint density at radius 1 is 1.50 bits per heavy atom. The van der Waals surface area contributed by atoms with Gasteiger partial charge in [0.1, 0.15) is 18.4 Å². The molecule has 0 unspecified atom stereocenters. The molecule has 6 nitrogen and oxygen atoms in total. The average molecular weight is 275 g/mol. The lowest BCUT2D eigenvalue weighted by Crippen LogP contribution is -2.39. The lowest BCUT2D eigenvalue weighted by Gasteiger charge is -2.18. The van der Waals surface area contributed by atoms with Crippen LogP contribution in [0, 0.1) is 29.5 Å². The van der Waals surface area contributed by atoms with Crippen molar-refractivity contribution in [3.05, 3.63) is 29.6 Å². The first-order valence-electron chi connectivity index (χ1n) is 5.38. The van der Waals surface area contributed by atoms with Gasteiger partial charge in [0.15, 0.2) is 0 Å². The number of nitriles is 1. The maximum absolute atomic E-state index is 13.1. The smallest absolute Gasteiger partial charge is 0.323 e. The van der Waals surface area contributed by atoms with Crippen LogP contribution in [0.4, 0.5) is 14.9 Å². The topological polar surface area (TPSA) is 93.4 Å². The van der Waals surface area contributed by atoms with E-state index in [9.17, 15) is 14.0 Å². The van der Waals surface area contributed by atoms with Crippen LogP contribution >= 0.6 is 0 Å². The second-order valence-electron chi connectivity index (χ2n) is 3.69. The third-order valence-corrected chi connectivity index (χ3v) is 2.23. The zero-order chi connectivity index (χ0) is 15.1. The molecule has 20 heavy (non-hydrogen) atoms. The molecule has 0 fully saturated rings. The molecule has 1 aromatic carbocycles. The number of urea groups is 1. The molecule has 0 radical (unpaired) electrons. The Kier molecular flexibility index (Phi) is 5.07. The lowest BCUT2D eigenvalue weighted by atomic mass is 10.2. The number of rotatable bonds is 4. The van der Waals surface area contributed by atoms with E-state index < -0.39 is 24.4 Å². The summed E-state index contributed by atoms with van der Waals surface area (Å²) in [6.45, 7) is -0.757. The fourth-order valence-electron chi connectivity index (χ4n) is 1.36. The highest BCUT2D eigenvalue weighted by Gasteiger charge is 2.16. The van der Waals surface area contributed by atoms with Crippen LogP contribution < -0.4 is 5.32 Å². The van der Waals surface area contributed by atoms with Crippen LogP contribution in [-0.4, -0.2) is 35.1 Å². The third kappa shape index (κ3) is 4.00. The zero-order valence-corrected chi connectivity index (χ0v) is 10.3. The van der Waals surface area contributed by atoms with Crippen LogP contribution in [0.1, 0.15) is 5.56 Å². The van der Waals surface area contributed by atoms with Crippen molar-refractivity contribution in [2.45, 2.75) is 0 Å². The summed E-state index contributed by atoms with van der Waals surface area (Å²) in [6.07, 6.45) is 5.04. The maximum Gasteiger partial charge on any atom is 0.323 e. The summed E-state index contributed by atoms with van der Waals surface area (Å²) in [4.78, 5) is 23.3. The van der Waals surface area contributed by atoms with Crippen molar-refractivity contribution in [1.82, 2.24) is 4.90 Å². The standard InChI is InChI=1S/C13H10FN3O3/c1-2-5-17(8-12(18)19)13(20)16-10-3-4-11(14)9(6-10)7-15/h1,3-4,6H,5,8H2,(H,16,20)(H,18,19). The Morgan fingerprint density at radius 2 is 2.20 bits per heavy atom. The van der Waals surface area contributed by atoms with Crippen molar-refractivity contribution in [2.24, 2.45) is 0 Å². The number of carbonyl (C=O) groups is 2. The molecule has 0 aliphatic heterocycles. The fourth-order valence-corrected chi connectivity index (χ4v) is 1.36. The summed E-state index contributed by atoms with van der Waals surface area (Å²) in [7, 11) is 0. The summed E-state index contributed by atoms with van der Waals surface area (Å²) in [5, 5.41) is 19.7. The van der Waals surface area contributed by atoms with Crippen LogP contribution in [0.2, 0.25) is 0 Å². The molecule has 0 aromatic heterocycles. The van der Waals surface area contributed by atoms with E-state index in [-0.39, 0.29) is 17.8 Å². The van der Waals surface area contributed by atoms with E-state index in [0.717, 1.165) is 17.0 Å². The molecular weight excluding hydrogens is 265 g/mol. The highest BCUT2D eigenvalue weighted by molar-refractivity contribution is 5.91. The molecule has 1 rings (SSSR count). The zero-order valence-electron chi connectivity index (χ0n) is 10.3. The first-order chi connectivity index (χ1) is 9.47. The Bertz CT molecular complexity index is 616. The van der Waals surface area contributed by atoms with Crippen LogP contribution in [0.5, 0.6) is 0 Å². The molecule has 0 heterocycles. The van der Waals surface area contributed by atoms with E-state index in [2.05, 4.69) is 11.2 Å². The van der Waals surface area contributed by atoms with E-state index in [4.69, 9.17) is 16.8 Å². The molecule has 0 spiro atoms. The molecule has 0 aliphatic carbocycles. The van der Waals surface area contributed by atoms with Gasteiger partial charge in [0.05, 0.1) is 12.1 Å². The number of carboxylic acid groups (broad SMARTS) is 1. The van der Waals surface area contributed by atoms with Gasteiger partial charge in [-0.15, -0.1) is 6.42 Å². The molecule has 0 saturated carbocycles. The van der Waals surface area contributed by atoms with E-state index in [0.29, 0.717) is 0 Å². The minimum absolute atomic E-state index is 0.167. The van der Waals surface area contributed by atoms with E-state index >= 15 is 0 Å². The number of hydrogen-bond acceptors (Lipinski definition) is 3. The summed E-state index contributed by atoms with van der Waals surface area (Å²) in [5.41, 5.74) is -0.0649. The number of terminal acetylenes is 1. The van der Waals surface area contributed by atoms with Gasteiger partial charge in [0.25, 0.3) is 0 Å². The van der Waals surface area contributed by atoms with E-state index in [1.165, 1.54) is 6.07 Å². The van der Waals surface area contributed by atoms with Gasteiger partial charge >= 0.3 is 12.0 Å². The van der Waals surface area contributed by atoms with Gasteiger partial charge in [-0.3, -0.25) is 4.79 Å². The average Bonchev–Trinajstić information content (AvgIpc) is 2.40. The van der Waals surface area contributed by atoms with Gasteiger partial charge in [-0.1, -0.05) is 5.92 Å². The molecule has 0 saturated heterocycles. The van der Waals surface area contributed by atoms with Gasteiger partial charge in [-0.2, -0.15) is 5.26 Å². The second-order valence-corrected chi connectivity index (χ2v) is 3.69. The van der Waals surface area contributed by atoms with Gasteiger partial charge in [-0.25, -0.2) is 9.18 Å². The van der Waals surface area contributed by atoms with Crippen molar-refractivity contribution in [3.63, 3.8) is 0 Å². The van der Waals surface area contributed by atoms with Crippen molar-refractivity contribution in [1.29, 1.82) is 5.26 Å². The Morgan fingerprint density at radius 3 is 2.75 bits per heavy atom. The van der Waals surface area contributed by atoms with Gasteiger partial charge < -0.3 is 15.3 Å². The molecule has 2 amide bonds. The number of anilines is 1. The van der Waals surface area contributed by atoms with Crippen molar-refractivity contribution >= 4 is 17.7 Å². The van der Waals surface area contributed by atoms with Crippen molar-refractivity contribution in [2.75, 3.05) is 18.4 Å². The predicted molar refractivity (Wildman–Crippen MR) is 68.2 cm³/mol. The van der Waals surface area contributed by atoms with Crippen LogP contribution in [0.3, 0.4) is 0 Å². The summed E-state index contributed by atoms with van der Waals surface area (Å²) >= 11 is 0. The number of amides is 2. The monoisotopic (exact) mass is 275 g/mol. The highest BCUT2D eigenvalue weighted by Crippen LogP contribution is 2.14. The minimum Gasteiger partial charge on any atom is -0.480 e. The van der Waals surface area contributed by atoms with E-state index in [1.54, 1.807) is 6.07 Å². The number of hydrogen-bond donors (Lipinski definition) is 2. The predicted octanol–water partition coefficient (Wildman–Crippen LogP) is 1.25. The Balaban J connectivity index is 2.86. The molecule has 0 aliphatic rings. The number of aliphatic carboxylic acids is 1. The second kappa shape index (κ2) is 6.76. The molecule has 7 heteroatoms. The maximum atomic E-state index is 13.1. The number of halogens is 1. The number of nitrogens with zero attached hydrogens (tertiary/aromatic N) is 2. The Labute approximate surface area is 114 Å². The van der Waals surface area contributed by atoms with Crippen molar-refractivity contribution in [3.8, 4) is 18.4 Å². The summed E-state index contributed by atoms with van der Waals surface area (Å²) in [6, 6.07) is 4.30. The highest BCUT2D eigenvalue weighted by atomic mass is 19.1. The first kappa shape index (κ1) is 15.0. The number of benzene rings is 1. The summed E-state index contributed by atoms with van der Waals surface area (Å²) < 4.78 is 13.1. The quantitative estimate of drug-likeness (QED) is 0.809. The fraction of sp³-hybridized carbons (Fsp3) is 0.154. The third-order valence-electron chi connectivity index (χ3n) is 2.23. The number of nitrogens with one attached hydrogen (secondary N) is 1. The number of carbonyl (C=O) groups excluding carboxylic acids is 1. The lowest BCUT2D eigenvalue weighted by molar-refractivity contribution is -0.137. The molecule has 2 N–H and O–H groups in total. The molecule has 0 atom stereocenters. The first-order valence-corrected chi connectivity index (χ1v) is 5.38. The normalized spacial score (nSPS) is 9.15. The minimum atomic E-state index is -1.22. The SMILES string of the molecule is C#CCN(CC(=O)O)C(=O)Nc1ccc(F)c(C#N)c1. The van der Waals surface area contributed by atoms with Crippen LogP contribution in [0.15, 0.2) is 18.2 Å². The van der Waals surface area contributed by atoms with Gasteiger partial charge in [-0.05, 0) is 18.2 Å². The molecule has 1 aromatic rings. The van der Waals surface area contributed by atoms with Gasteiger partial charge in [0, 0.05) is 5.69 Å². The van der Waals surface area contributed by atoms with E-state index in [1.807, 2.05) is 0 Å². The van der Waals surface area contributed by atoms with Gasteiger partial charge in [0.2, 0.25) is 0 Å².